The second-order valence-corrected chi connectivity index (χ2v) is 2.08. The molecule has 0 saturated heterocycles. The summed E-state index contributed by atoms with van der Waals surface area (Å²) in [5.41, 5.74) is 0. The van der Waals surface area contributed by atoms with E-state index in [1.807, 2.05) is 0 Å². The maximum atomic E-state index is 7.17. The Morgan fingerprint density at radius 2 is 0.875 bits per heavy atom. The van der Waals surface area contributed by atoms with Crippen molar-refractivity contribution < 1.29 is 15.1 Å². The van der Waals surface area contributed by atoms with Crippen molar-refractivity contribution in [2.24, 2.45) is 0 Å². The van der Waals surface area contributed by atoms with Gasteiger partial charge in [0.05, 0.1) is 0 Å². The summed E-state index contributed by atoms with van der Waals surface area (Å²) >= 11 is 0. The molecule has 0 spiro atoms. The maximum Gasteiger partial charge on any atom is 0.631 e. The van der Waals surface area contributed by atoms with E-state index in [4.69, 9.17) is 15.1 Å². The average Bonchev–Trinajstić information content (AvgIpc) is 1.25. The predicted octanol–water partition coefficient (Wildman–Crippen LogP) is -0.681. The van der Waals surface area contributed by atoms with Crippen molar-refractivity contribution in [2.75, 3.05) is 0 Å². The summed E-state index contributed by atoms with van der Waals surface area (Å²) in [6, 6.07) is 0. The first-order chi connectivity index (χ1) is 3.46. The largest absolute Gasteiger partial charge is 0.631 e. The molecule has 0 aliphatic heterocycles. The second-order valence-electron chi connectivity index (χ2n) is 2.08. The summed E-state index contributed by atoms with van der Waals surface area (Å²) < 4.78 is 0. The number of hydrogen-bond donors (Lipinski definition) is 3. The molecule has 0 rings (SSSR count). The fourth-order valence-corrected chi connectivity index (χ4v) is 0. The van der Waals surface area contributed by atoms with Gasteiger partial charge in [-0.15, -0.1) is 0 Å². The van der Waals surface area contributed by atoms with E-state index < -0.39 is 7.32 Å². The molecule has 0 aromatic carbocycles. The van der Waals surface area contributed by atoms with Crippen molar-refractivity contribution in [2.45, 2.75) is 20.5 Å². The minimum Gasteiger partial charge on any atom is -0.402 e. The van der Waals surface area contributed by atoms with Gasteiger partial charge < -0.3 is 15.1 Å². The van der Waals surface area contributed by atoms with Crippen molar-refractivity contribution in [3.05, 3.63) is 0 Å². The molecule has 3 nitrogen and oxygen atoms in total. The van der Waals surface area contributed by atoms with Gasteiger partial charge in [0.15, 0.2) is 0 Å². The Balaban J connectivity index is 0. The van der Waals surface area contributed by atoms with Crippen LogP contribution in [0.3, 0.4) is 0 Å². The lowest BCUT2D eigenvalue weighted by molar-refractivity contribution is 0.278. The highest BCUT2D eigenvalue weighted by Gasteiger charge is 1.92. The SMILES string of the molecule is CB(C)C.OB(O)O. The molecule has 0 aliphatic rings. The van der Waals surface area contributed by atoms with Crippen LogP contribution in [0.25, 0.3) is 0 Å². The minimum atomic E-state index is -2.17. The van der Waals surface area contributed by atoms with E-state index in [0.717, 1.165) is 6.71 Å². The van der Waals surface area contributed by atoms with Crippen LogP contribution in [0.5, 0.6) is 0 Å². The van der Waals surface area contributed by atoms with Gasteiger partial charge >= 0.3 is 7.32 Å². The van der Waals surface area contributed by atoms with Crippen molar-refractivity contribution >= 4 is 14.0 Å². The van der Waals surface area contributed by atoms with Crippen LogP contribution in [0.4, 0.5) is 0 Å². The molecular weight excluding hydrogens is 106 g/mol. The molecule has 5 heteroatoms. The van der Waals surface area contributed by atoms with E-state index in [-0.39, 0.29) is 0 Å². The summed E-state index contributed by atoms with van der Waals surface area (Å²) in [7, 11) is -2.17. The molecule has 0 fully saturated rings. The Labute approximate surface area is 50.6 Å². The van der Waals surface area contributed by atoms with E-state index in [1.165, 1.54) is 0 Å². The zero-order chi connectivity index (χ0) is 7.15. The number of rotatable bonds is 0. The van der Waals surface area contributed by atoms with Crippen LogP contribution in [0.15, 0.2) is 0 Å². The number of hydrogen-bond acceptors (Lipinski definition) is 3. The average molecular weight is 118 g/mol. The van der Waals surface area contributed by atoms with E-state index in [2.05, 4.69) is 20.5 Å². The summed E-state index contributed by atoms with van der Waals surface area (Å²) in [4.78, 5) is 0. The van der Waals surface area contributed by atoms with Crippen molar-refractivity contribution in [3.63, 3.8) is 0 Å². The van der Waals surface area contributed by atoms with Crippen LogP contribution in [-0.4, -0.2) is 29.1 Å². The highest BCUT2D eigenvalue weighted by molar-refractivity contribution is 6.54. The van der Waals surface area contributed by atoms with Crippen LogP contribution in [0, 0.1) is 0 Å². The lowest BCUT2D eigenvalue weighted by Gasteiger charge is -1.71. The first-order valence-electron chi connectivity index (χ1n) is 2.51. The van der Waals surface area contributed by atoms with E-state index in [1.54, 1.807) is 0 Å². The topological polar surface area (TPSA) is 60.7 Å². The molecule has 0 saturated carbocycles. The fraction of sp³-hybridized carbons (Fsp3) is 1.00. The van der Waals surface area contributed by atoms with Gasteiger partial charge in [0.2, 0.25) is 0 Å². The van der Waals surface area contributed by atoms with Crippen LogP contribution >= 0.6 is 0 Å². The summed E-state index contributed by atoms with van der Waals surface area (Å²) in [6.07, 6.45) is 0. The van der Waals surface area contributed by atoms with Crippen molar-refractivity contribution in [1.82, 2.24) is 0 Å². The van der Waals surface area contributed by atoms with Gasteiger partial charge in [-0.25, -0.2) is 0 Å². The van der Waals surface area contributed by atoms with Gasteiger partial charge in [-0.3, -0.25) is 0 Å². The molecule has 0 amide bonds. The monoisotopic (exact) mass is 118 g/mol. The molecule has 48 valence electrons. The fourth-order valence-electron chi connectivity index (χ4n) is 0. The zero-order valence-corrected chi connectivity index (χ0v) is 5.50. The van der Waals surface area contributed by atoms with Crippen LogP contribution in [0.1, 0.15) is 0 Å². The highest BCUT2D eigenvalue weighted by Crippen LogP contribution is 1.68. The van der Waals surface area contributed by atoms with Gasteiger partial charge in [-0.2, -0.15) is 0 Å². The molecule has 8 heavy (non-hydrogen) atoms. The molecule has 0 aliphatic carbocycles. The highest BCUT2D eigenvalue weighted by atomic mass is 16.5. The Hall–Kier alpha value is 0.00987. The maximum absolute atomic E-state index is 7.17. The first kappa shape index (κ1) is 10.9. The van der Waals surface area contributed by atoms with Crippen LogP contribution in [-0.2, 0) is 0 Å². The third kappa shape index (κ3) is 1550000. The molecule has 0 aromatic heterocycles. The normalized spacial score (nSPS) is 6.75. The van der Waals surface area contributed by atoms with E-state index in [9.17, 15) is 0 Å². The zero-order valence-electron chi connectivity index (χ0n) is 5.50. The third-order valence-electron chi connectivity index (χ3n) is 0. The molecular formula is C3H12B2O3. The molecule has 0 heterocycles. The molecule has 0 atom stereocenters. The Kier molecular flexibility index (Phi) is 9.55. The van der Waals surface area contributed by atoms with E-state index >= 15 is 0 Å². The predicted molar refractivity (Wildman–Crippen MR) is 35.8 cm³/mol. The molecule has 0 bridgehead atoms. The molecule has 0 unspecified atom stereocenters. The van der Waals surface area contributed by atoms with Gasteiger partial charge in [0.25, 0.3) is 0 Å². The molecule has 0 radical (unpaired) electrons. The summed E-state index contributed by atoms with van der Waals surface area (Å²) in [5, 5.41) is 21.5. The quantitative estimate of drug-likeness (QED) is 0.369. The lowest BCUT2D eigenvalue weighted by atomic mass is 9.58. The lowest BCUT2D eigenvalue weighted by Crippen LogP contribution is -2.07. The Morgan fingerprint density at radius 3 is 0.875 bits per heavy atom. The standard InChI is InChI=1S/C3H9B.BH3O3/c1-4(2)3;2-1(3)4/h1-3H3;2-4H. The second kappa shape index (κ2) is 7.01. The van der Waals surface area contributed by atoms with Gasteiger partial charge in [0, 0.05) is 0 Å². The molecule has 3 N–H and O–H groups in total. The minimum absolute atomic E-state index is 0.833. The summed E-state index contributed by atoms with van der Waals surface area (Å²) in [5.74, 6) is 0. The smallest absolute Gasteiger partial charge is 0.402 e. The first-order valence-corrected chi connectivity index (χ1v) is 2.51. The third-order valence-corrected chi connectivity index (χ3v) is 0. The van der Waals surface area contributed by atoms with Gasteiger partial charge in [-0.05, 0) is 0 Å². The van der Waals surface area contributed by atoms with Crippen LogP contribution < -0.4 is 0 Å². The van der Waals surface area contributed by atoms with Crippen molar-refractivity contribution in [3.8, 4) is 0 Å². The Morgan fingerprint density at radius 1 is 0.875 bits per heavy atom. The van der Waals surface area contributed by atoms with E-state index in [0.29, 0.717) is 0 Å². The van der Waals surface area contributed by atoms with Gasteiger partial charge in [-0.1, -0.05) is 20.5 Å². The van der Waals surface area contributed by atoms with Crippen LogP contribution in [0.2, 0.25) is 20.5 Å². The molecule has 0 aromatic rings. The van der Waals surface area contributed by atoms with Crippen molar-refractivity contribution in [1.29, 1.82) is 0 Å². The Bertz CT molecular complexity index is 28.0. The van der Waals surface area contributed by atoms with Gasteiger partial charge in [0.1, 0.15) is 6.71 Å². The summed E-state index contributed by atoms with van der Waals surface area (Å²) in [6.45, 7) is 7.33.